The molecule has 2 unspecified atom stereocenters. The maximum atomic E-state index is 12.6. The lowest BCUT2D eigenvalue weighted by molar-refractivity contribution is 0.399. The Morgan fingerprint density at radius 1 is 1.24 bits per heavy atom. The van der Waals surface area contributed by atoms with Crippen LogP contribution in [0.2, 0.25) is 5.02 Å². The van der Waals surface area contributed by atoms with Crippen molar-refractivity contribution in [2.24, 2.45) is 5.92 Å². The Bertz CT molecular complexity index is 593. The van der Waals surface area contributed by atoms with Crippen molar-refractivity contribution in [2.45, 2.75) is 56.9 Å². The summed E-state index contributed by atoms with van der Waals surface area (Å²) in [5.41, 5.74) is 6.75. The van der Waals surface area contributed by atoms with Crippen molar-refractivity contribution in [2.75, 3.05) is 5.73 Å². The number of hydrogen-bond donors (Lipinski definition) is 2. The van der Waals surface area contributed by atoms with Crippen molar-refractivity contribution in [1.82, 2.24) is 4.72 Å². The van der Waals surface area contributed by atoms with E-state index in [0.717, 1.165) is 19.3 Å². The highest BCUT2D eigenvalue weighted by atomic mass is 35.5. The molecule has 0 saturated heterocycles. The molecule has 21 heavy (non-hydrogen) atoms. The minimum atomic E-state index is -3.56. The Kier molecular flexibility index (Phi) is 5.17. The minimum absolute atomic E-state index is 0.00490. The van der Waals surface area contributed by atoms with Crippen LogP contribution in [0.25, 0.3) is 0 Å². The van der Waals surface area contributed by atoms with E-state index in [9.17, 15) is 8.42 Å². The van der Waals surface area contributed by atoms with E-state index in [2.05, 4.69) is 11.6 Å². The molecule has 2 rings (SSSR count). The first-order chi connectivity index (χ1) is 9.81. The zero-order valence-electron chi connectivity index (χ0n) is 12.5. The minimum Gasteiger partial charge on any atom is -0.397 e. The third kappa shape index (κ3) is 3.90. The van der Waals surface area contributed by atoms with Gasteiger partial charge in [0.25, 0.3) is 0 Å². The smallest absolute Gasteiger partial charge is 0.240 e. The van der Waals surface area contributed by atoms with Gasteiger partial charge in [-0.1, -0.05) is 37.8 Å². The maximum absolute atomic E-state index is 12.6. The summed E-state index contributed by atoms with van der Waals surface area (Å²) < 4.78 is 28.0. The normalized spacial score (nSPS) is 23.8. The van der Waals surface area contributed by atoms with Crippen molar-refractivity contribution in [1.29, 1.82) is 0 Å². The summed E-state index contributed by atoms with van der Waals surface area (Å²) in [5.74, 6) is 0.355. The monoisotopic (exact) mass is 330 g/mol. The third-order valence-electron chi connectivity index (χ3n) is 4.23. The highest BCUT2D eigenvalue weighted by molar-refractivity contribution is 7.89. The van der Waals surface area contributed by atoms with Gasteiger partial charge in [0.05, 0.1) is 15.6 Å². The zero-order valence-corrected chi connectivity index (χ0v) is 14.1. The van der Waals surface area contributed by atoms with Gasteiger partial charge < -0.3 is 5.73 Å². The second-order valence-electron chi connectivity index (χ2n) is 5.99. The van der Waals surface area contributed by atoms with Gasteiger partial charge in [0.15, 0.2) is 0 Å². The number of aryl methyl sites for hydroxylation is 1. The van der Waals surface area contributed by atoms with Crippen LogP contribution in [0.15, 0.2) is 17.0 Å². The second kappa shape index (κ2) is 6.55. The van der Waals surface area contributed by atoms with E-state index in [4.69, 9.17) is 17.3 Å². The molecule has 0 bridgehead atoms. The van der Waals surface area contributed by atoms with Gasteiger partial charge in [-0.05, 0) is 43.4 Å². The van der Waals surface area contributed by atoms with Crippen LogP contribution in [0.3, 0.4) is 0 Å². The van der Waals surface area contributed by atoms with Gasteiger partial charge in [-0.3, -0.25) is 0 Å². The molecule has 4 nitrogen and oxygen atoms in total. The summed E-state index contributed by atoms with van der Waals surface area (Å²) in [6.07, 6.45) is 5.37. The lowest BCUT2D eigenvalue weighted by Crippen LogP contribution is -2.38. The lowest BCUT2D eigenvalue weighted by Gasteiger charge is -2.23. The summed E-state index contributed by atoms with van der Waals surface area (Å²) in [6, 6.07) is 3.00. The van der Waals surface area contributed by atoms with Crippen LogP contribution in [0, 0.1) is 12.8 Å². The molecule has 1 aliphatic rings. The predicted octanol–water partition coefficient (Wildman–Crippen LogP) is 3.48. The number of halogens is 1. The van der Waals surface area contributed by atoms with Crippen molar-refractivity contribution in [3.63, 3.8) is 0 Å². The summed E-state index contributed by atoms with van der Waals surface area (Å²) in [6.45, 7) is 3.87. The van der Waals surface area contributed by atoms with E-state index in [0.29, 0.717) is 22.2 Å². The van der Waals surface area contributed by atoms with Crippen molar-refractivity contribution in [3.05, 3.63) is 22.7 Å². The topological polar surface area (TPSA) is 72.2 Å². The molecule has 118 valence electrons. The van der Waals surface area contributed by atoms with Crippen molar-refractivity contribution < 1.29 is 8.42 Å². The fraction of sp³-hybridized carbons (Fsp3) is 0.600. The van der Waals surface area contributed by atoms with Crippen LogP contribution in [0.4, 0.5) is 5.69 Å². The van der Waals surface area contributed by atoms with Gasteiger partial charge in [0.1, 0.15) is 0 Å². The standard InChI is InChI=1S/C15H23ClN2O2S/c1-10-6-4-3-5-7-14(10)18-21(19,20)12-8-11(2)15(16)13(17)9-12/h8-10,14,18H,3-7,17H2,1-2H3. The number of anilines is 1. The highest BCUT2D eigenvalue weighted by Crippen LogP contribution is 2.28. The molecule has 1 aromatic carbocycles. The Balaban J connectivity index is 2.25. The molecule has 0 aromatic heterocycles. The predicted molar refractivity (Wildman–Crippen MR) is 87.0 cm³/mol. The SMILES string of the molecule is Cc1cc(S(=O)(=O)NC2CCCCCC2C)cc(N)c1Cl. The number of nitrogens with one attached hydrogen (secondary N) is 1. The second-order valence-corrected chi connectivity index (χ2v) is 8.08. The van der Waals surface area contributed by atoms with Gasteiger partial charge in [-0.2, -0.15) is 0 Å². The fourth-order valence-corrected chi connectivity index (χ4v) is 4.46. The molecule has 1 aliphatic carbocycles. The molecule has 3 N–H and O–H groups in total. The molecule has 1 aromatic rings. The molecule has 0 radical (unpaired) electrons. The molecule has 0 amide bonds. The molecule has 2 atom stereocenters. The van der Waals surface area contributed by atoms with Gasteiger partial charge in [-0.25, -0.2) is 13.1 Å². The fourth-order valence-electron chi connectivity index (χ4n) is 2.85. The Hall–Kier alpha value is -0.780. The van der Waals surface area contributed by atoms with E-state index in [1.165, 1.54) is 18.9 Å². The number of hydrogen-bond acceptors (Lipinski definition) is 3. The molecule has 1 fully saturated rings. The average Bonchev–Trinajstić information content (AvgIpc) is 2.60. The van der Waals surface area contributed by atoms with E-state index in [1.54, 1.807) is 13.0 Å². The van der Waals surface area contributed by atoms with E-state index in [-0.39, 0.29) is 10.9 Å². The third-order valence-corrected chi connectivity index (χ3v) is 6.22. The summed E-state index contributed by atoms with van der Waals surface area (Å²) in [4.78, 5) is 0.193. The van der Waals surface area contributed by atoms with Crippen LogP contribution in [-0.2, 0) is 10.0 Å². The van der Waals surface area contributed by atoms with Crippen LogP contribution >= 0.6 is 11.6 Å². The Morgan fingerprint density at radius 3 is 2.57 bits per heavy atom. The van der Waals surface area contributed by atoms with Gasteiger partial charge >= 0.3 is 0 Å². The summed E-state index contributed by atoms with van der Waals surface area (Å²) in [7, 11) is -3.56. The first-order valence-electron chi connectivity index (χ1n) is 7.39. The Labute approximate surface area is 132 Å². The number of nitrogen functional groups attached to an aromatic ring is 1. The average molecular weight is 331 g/mol. The first-order valence-corrected chi connectivity index (χ1v) is 9.25. The van der Waals surface area contributed by atoms with Gasteiger partial charge in [0, 0.05) is 6.04 Å². The molecule has 0 aliphatic heterocycles. The largest absolute Gasteiger partial charge is 0.397 e. The first kappa shape index (κ1) is 16.6. The van der Waals surface area contributed by atoms with E-state index < -0.39 is 10.0 Å². The molecule has 1 saturated carbocycles. The molecule has 6 heteroatoms. The van der Waals surface area contributed by atoms with Crippen LogP contribution in [0.1, 0.15) is 44.6 Å². The van der Waals surface area contributed by atoms with Crippen molar-refractivity contribution >= 4 is 27.3 Å². The van der Waals surface area contributed by atoms with E-state index in [1.807, 2.05) is 0 Å². The van der Waals surface area contributed by atoms with Crippen LogP contribution < -0.4 is 10.5 Å². The maximum Gasteiger partial charge on any atom is 0.240 e. The number of sulfonamides is 1. The Morgan fingerprint density at radius 2 is 1.90 bits per heavy atom. The van der Waals surface area contributed by atoms with Crippen LogP contribution in [-0.4, -0.2) is 14.5 Å². The quantitative estimate of drug-likeness (QED) is 0.658. The van der Waals surface area contributed by atoms with Gasteiger partial charge in [-0.15, -0.1) is 0 Å². The molecule has 0 heterocycles. The van der Waals surface area contributed by atoms with Gasteiger partial charge in [0.2, 0.25) is 10.0 Å². The number of nitrogens with two attached hydrogens (primary N) is 1. The van der Waals surface area contributed by atoms with E-state index >= 15 is 0 Å². The molecular formula is C15H23ClN2O2S. The van der Waals surface area contributed by atoms with Crippen LogP contribution in [0.5, 0.6) is 0 Å². The number of benzene rings is 1. The molecule has 0 spiro atoms. The summed E-state index contributed by atoms with van der Waals surface area (Å²) in [5, 5.41) is 0.414. The highest BCUT2D eigenvalue weighted by Gasteiger charge is 2.26. The number of rotatable bonds is 3. The molecular weight excluding hydrogens is 308 g/mol. The van der Waals surface area contributed by atoms with Crippen molar-refractivity contribution in [3.8, 4) is 0 Å². The lowest BCUT2D eigenvalue weighted by atomic mass is 9.98. The summed E-state index contributed by atoms with van der Waals surface area (Å²) >= 11 is 6.00. The zero-order chi connectivity index (χ0) is 15.6.